The van der Waals surface area contributed by atoms with E-state index in [1.54, 1.807) is 0 Å². The normalized spacial score (nSPS) is 0. The van der Waals surface area contributed by atoms with Gasteiger partial charge in [-0.05, 0) is 0 Å². The van der Waals surface area contributed by atoms with Crippen LogP contribution in [0.15, 0.2) is 0 Å². The first-order valence-corrected chi connectivity index (χ1v) is 0. The van der Waals surface area contributed by atoms with Crippen molar-refractivity contribution < 1.29 is 58.6 Å². The third-order valence-electron chi connectivity index (χ3n) is 0. The minimum atomic E-state index is 0. The van der Waals surface area contributed by atoms with E-state index in [1.165, 1.54) is 0 Å². The summed E-state index contributed by atoms with van der Waals surface area (Å²) in [4.78, 5) is 0. The van der Waals surface area contributed by atoms with Gasteiger partial charge in [0.05, 0.1) is 0 Å². The summed E-state index contributed by atoms with van der Waals surface area (Å²) >= 11 is 0. The van der Waals surface area contributed by atoms with Crippen LogP contribution in [0.1, 0.15) is 0 Å². The molecule has 0 spiro atoms. The van der Waals surface area contributed by atoms with Crippen LogP contribution >= 0.6 is 0 Å². The Morgan fingerprint density at radius 3 is 1.00 bits per heavy atom. The van der Waals surface area contributed by atoms with E-state index in [4.69, 9.17) is 0 Å². The van der Waals surface area contributed by atoms with E-state index in [0.717, 1.165) is 0 Å². The summed E-state index contributed by atoms with van der Waals surface area (Å²) < 4.78 is 0. The summed E-state index contributed by atoms with van der Waals surface area (Å²) in [5.74, 6) is 0. The number of hydrogen-bond donors (Lipinski definition) is 0. The van der Waals surface area contributed by atoms with Gasteiger partial charge in [-0.15, -0.1) is 0 Å². The molecule has 0 N–H and O–H groups in total. The molecule has 6 heavy (non-hydrogen) atoms. The van der Waals surface area contributed by atoms with Crippen molar-refractivity contribution in [3.05, 3.63) is 0 Å². The molecule has 0 bridgehead atoms. The fraction of sp³-hybridized carbons (Fsp3) is 0. The molecule has 6 heteroatoms. The molecule has 0 aromatic heterocycles. The second kappa shape index (κ2) is 33.9. The standard InChI is InChI=1S/Bi.Cu.Pb.Pd.Pt.Sb.8H. The quantitative estimate of drug-likeness (QED) is 0.224. The summed E-state index contributed by atoms with van der Waals surface area (Å²) in [7, 11) is 0. The molecular formula is H8BiCuPbPdPtSb. The monoisotopic (exact) mass is 910 g/mol. The Morgan fingerprint density at radius 2 is 1.00 bits per heavy atom. The number of hydrogen-bond acceptors (Lipinski definition) is 0. The average molecular weight is 911 g/mol. The first-order valence-electron chi connectivity index (χ1n) is 0. The third-order valence-corrected chi connectivity index (χ3v) is 0. The van der Waals surface area contributed by atoms with Gasteiger partial charge in [0.25, 0.3) is 0 Å². The van der Waals surface area contributed by atoms with E-state index in [0.29, 0.717) is 0 Å². The van der Waals surface area contributed by atoms with Crippen LogP contribution in [0, 0.1) is 0 Å². The van der Waals surface area contributed by atoms with Crippen molar-refractivity contribution in [2.75, 3.05) is 0 Å². The van der Waals surface area contributed by atoms with Gasteiger partial charge in [0.2, 0.25) is 0 Å². The Morgan fingerprint density at radius 1 is 1.00 bits per heavy atom. The maximum atomic E-state index is 0. The second-order valence-corrected chi connectivity index (χ2v) is 0. The van der Waals surface area contributed by atoms with Gasteiger partial charge >= 0.3 is 77.9 Å². The van der Waals surface area contributed by atoms with Crippen molar-refractivity contribution in [1.29, 1.82) is 0 Å². The van der Waals surface area contributed by atoms with E-state index in [1.807, 2.05) is 0 Å². The molecular weight excluding hydrogens is 903 g/mol. The molecule has 0 amide bonds. The summed E-state index contributed by atoms with van der Waals surface area (Å²) in [5, 5.41) is 0. The minimum absolute atomic E-state index is 0. The van der Waals surface area contributed by atoms with E-state index >= 15 is 0 Å². The molecule has 0 saturated carbocycles. The average Bonchev–Trinajstić information content (AvgIpc) is 0. The maximum absolute atomic E-state index is 0. The molecule has 0 unspecified atom stereocenters. The van der Waals surface area contributed by atoms with Gasteiger partial charge in [-0.25, -0.2) is 0 Å². The zero-order chi connectivity index (χ0) is 0. The van der Waals surface area contributed by atoms with Gasteiger partial charge in [-0.2, -0.15) is 0 Å². The molecule has 0 aliphatic carbocycles. The van der Waals surface area contributed by atoms with Crippen LogP contribution in [-0.4, -0.2) is 77.9 Å². The summed E-state index contributed by atoms with van der Waals surface area (Å²) in [5.41, 5.74) is 0. The van der Waals surface area contributed by atoms with Crippen LogP contribution in [0.5, 0.6) is 0 Å². The summed E-state index contributed by atoms with van der Waals surface area (Å²) in [6.45, 7) is 0. The van der Waals surface area contributed by atoms with Gasteiger partial charge in [0.1, 0.15) is 0 Å². The van der Waals surface area contributed by atoms with E-state index in [-0.39, 0.29) is 136 Å². The SMILES string of the molecule is [BiH3].[Cu].[PbH2].[Pd].[Pt].[SbH3]. The van der Waals surface area contributed by atoms with E-state index in [9.17, 15) is 0 Å². The van der Waals surface area contributed by atoms with Crippen molar-refractivity contribution in [2.24, 2.45) is 0 Å². The second-order valence-electron chi connectivity index (χ2n) is 0. The Labute approximate surface area is 133 Å². The summed E-state index contributed by atoms with van der Waals surface area (Å²) in [6.07, 6.45) is 0. The number of rotatable bonds is 0. The fourth-order valence-corrected chi connectivity index (χ4v) is 0. The Bertz CT molecular complexity index is 15.5. The van der Waals surface area contributed by atoms with E-state index in [2.05, 4.69) is 0 Å². The first kappa shape index (κ1) is 46.8. The van der Waals surface area contributed by atoms with Crippen molar-refractivity contribution >= 4 is 77.9 Å². The molecule has 0 atom stereocenters. The fourth-order valence-electron chi connectivity index (χ4n) is 0. The van der Waals surface area contributed by atoms with Crippen LogP contribution in [0.3, 0.4) is 0 Å². The molecule has 0 rings (SSSR count). The molecule has 53 valence electrons. The Hall–Kier alpha value is 4.49. The van der Waals surface area contributed by atoms with Gasteiger partial charge < -0.3 is 0 Å². The molecule has 0 saturated heterocycles. The molecule has 0 heterocycles. The topological polar surface area (TPSA) is 0 Å². The van der Waals surface area contributed by atoms with Crippen molar-refractivity contribution in [1.82, 2.24) is 0 Å². The Kier molecular flexibility index (Phi) is 265. The molecule has 0 aromatic carbocycles. The zero-order valence-electron chi connectivity index (χ0n) is 3.06. The predicted molar refractivity (Wildman–Crippen MR) is 28.4 cm³/mol. The van der Waals surface area contributed by atoms with Crippen LogP contribution < -0.4 is 0 Å². The third kappa shape index (κ3) is 23.6. The Balaban J connectivity index is 0. The van der Waals surface area contributed by atoms with Gasteiger partial charge in [0, 0.05) is 58.6 Å². The molecule has 0 fully saturated rings. The van der Waals surface area contributed by atoms with Crippen LogP contribution in [-0.2, 0) is 58.6 Å². The van der Waals surface area contributed by atoms with Crippen molar-refractivity contribution in [3.63, 3.8) is 0 Å². The molecule has 0 aliphatic rings. The predicted octanol–water partition coefficient (Wildman–Crippen LogP) is -3.29. The van der Waals surface area contributed by atoms with Crippen molar-refractivity contribution in [3.8, 4) is 0 Å². The van der Waals surface area contributed by atoms with E-state index < -0.39 is 0 Å². The molecule has 0 aliphatic heterocycles. The van der Waals surface area contributed by atoms with Crippen LogP contribution in [0.2, 0.25) is 0 Å². The molecule has 3 radical (unpaired) electrons. The van der Waals surface area contributed by atoms with Crippen LogP contribution in [0.25, 0.3) is 0 Å². The van der Waals surface area contributed by atoms with Crippen LogP contribution in [0.4, 0.5) is 0 Å². The first-order chi connectivity index (χ1) is 0. The summed E-state index contributed by atoms with van der Waals surface area (Å²) in [6, 6.07) is 0. The van der Waals surface area contributed by atoms with Gasteiger partial charge in [-0.3, -0.25) is 0 Å². The zero-order valence-corrected chi connectivity index (χ0v) is 22.9. The van der Waals surface area contributed by atoms with Crippen molar-refractivity contribution in [2.45, 2.75) is 0 Å². The van der Waals surface area contributed by atoms with Gasteiger partial charge in [-0.1, -0.05) is 0 Å². The molecule has 0 aromatic rings. The van der Waals surface area contributed by atoms with Gasteiger partial charge in [0.15, 0.2) is 0 Å². The molecule has 0 nitrogen and oxygen atoms in total.